The van der Waals surface area contributed by atoms with Crippen molar-refractivity contribution in [2.45, 2.75) is 31.1 Å². The molecule has 120 valence electrons. The van der Waals surface area contributed by atoms with Crippen molar-refractivity contribution in [1.29, 1.82) is 0 Å². The van der Waals surface area contributed by atoms with E-state index in [-0.39, 0.29) is 5.16 Å². The monoisotopic (exact) mass is 330 g/mol. The lowest BCUT2D eigenvalue weighted by molar-refractivity contribution is 0.653. The van der Waals surface area contributed by atoms with Crippen LogP contribution in [0.5, 0.6) is 0 Å². The Morgan fingerprint density at radius 2 is 1.25 bits per heavy atom. The molecule has 0 saturated heterocycles. The molecule has 1 aliphatic carbocycles. The molecule has 0 aliphatic heterocycles. The minimum Gasteiger partial charge on any atom is -0.0988 e. The van der Waals surface area contributed by atoms with E-state index in [0.717, 1.165) is 15.0 Å². The third kappa shape index (κ3) is 2.50. The van der Waals surface area contributed by atoms with Gasteiger partial charge in [-0.2, -0.15) is 0 Å². The lowest BCUT2D eigenvalue weighted by Crippen LogP contribution is -2.16. The second kappa shape index (κ2) is 6.19. The molecule has 24 heavy (non-hydrogen) atoms. The van der Waals surface area contributed by atoms with Gasteiger partial charge in [-0.3, -0.25) is 0 Å². The van der Waals surface area contributed by atoms with E-state index < -0.39 is 0 Å². The first kappa shape index (κ1) is 15.6. The van der Waals surface area contributed by atoms with Crippen LogP contribution in [0.2, 0.25) is 0 Å². The van der Waals surface area contributed by atoms with E-state index in [1.165, 1.54) is 27.8 Å². The lowest BCUT2D eigenvalue weighted by Gasteiger charge is -2.33. The van der Waals surface area contributed by atoms with Crippen LogP contribution in [0.3, 0.4) is 0 Å². The molecule has 0 spiro atoms. The van der Waals surface area contributed by atoms with E-state index in [1.807, 2.05) is 0 Å². The molecule has 0 bridgehead atoms. The van der Waals surface area contributed by atoms with Crippen LogP contribution < -0.4 is 0 Å². The van der Waals surface area contributed by atoms with Gasteiger partial charge in [-0.15, -0.1) is 0 Å². The van der Waals surface area contributed by atoms with Crippen molar-refractivity contribution in [2.75, 3.05) is 0 Å². The highest BCUT2D eigenvalue weighted by molar-refractivity contribution is 7.40. The normalized spacial score (nSPS) is 16.1. The smallest absolute Gasteiger partial charge is 0.0283 e. The van der Waals surface area contributed by atoms with Gasteiger partial charge in [0.1, 0.15) is 0 Å². The third-order valence-corrected chi connectivity index (χ3v) is 7.60. The van der Waals surface area contributed by atoms with Crippen LogP contribution in [0.15, 0.2) is 78.9 Å². The Morgan fingerprint density at radius 3 is 1.79 bits per heavy atom. The summed E-state index contributed by atoms with van der Waals surface area (Å²) in [6.07, 6.45) is 1.16. The summed E-state index contributed by atoms with van der Waals surface area (Å²) in [6, 6.07) is 29.0. The fourth-order valence-electron chi connectivity index (χ4n) is 3.83. The largest absolute Gasteiger partial charge is 0.0988 e. The molecule has 0 N–H and O–H groups in total. The van der Waals surface area contributed by atoms with Crippen LogP contribution in [0.25, 0.3) is 11.1 Å². The van der Waals surface area contributed by atoms with E-state index in [4.69, 9.17) is 0 Å². The molecule has 1 heteroatoms. The zero-order valence-corrected chi connectivity index (χ0v) is 15.3. The summed E-state index contributed by atoms with van der Waals surface area (Å²) in [6.45, 7) is 4.76. The molecular formula is C23H23P. The molecule has 4 rings (SSSR count). The molecule has 2 unspecified atom stereocenters. The number of benzene rings is 3. The molecule has 2 atom stereocenters. The average molecular weight is 330 g/mol. The maximum atomic E-state index is 2.43. The number of rotatable bonds is 4. The summed E-state index contributed by atoms with van der Waals surface area (Å²) in [5.74, 6) is 0. The molecule has 0 heterocycles. The number of hydrogen-bond donors (Lipinski definition) is 0. The Bertz CT molecular complexity index is 807. The van der Waals surface area contributed by atoms with E-state index >= 15 is 0 Å². The molecule has 0 nitrogen and oxygen atoms in total. The van der Waals surface area contributed by atoms with E-state index in [0.29, 0.717) is 5.66 Å². The summed E-state index contributed by atoms with van der Waals surface area (Å²) in [5.41, 5.74) is 7.85. The van der Waals surface area contributed by atoms with Gasteiger partial charge in [0.25, 0.3) is 0 Å². The molecule has 0 radical (unpaired) electrons. The summed E-state index contributed by atoms with van der Waals surface area (Å²) < 4.78 is 0. The van der Waals surface area contributed by atoms with Gasteiger partial charge in [-0.05, 0) is 34.2 Å². The summed E-state index contributed by atoms with van der Waals surface area (Å²) in [4.78, 5) is 0. The first-order valence-corrected chi connectivity index (χ1v) is 9.82. The number of hydrogen-bond acceptors (Lipinski definition) is 0. The second-order valence-corrected chi connectivity index (χ2v) is 8.77. The van der Waals surface area contributed by atoms with Crippen molar-refractivity contribution in [3.05, 3.63) is 95.6 Å². The van der Waals surface area contributed by atoms with Crippen molar-refractivity contribution in [1.82, 2.24) is 0 Å². The van der Waals surface area contributed by atoms with E-state index in [9.17, 15) is 0 Å². The highest BCUT2D eigenvalue weighted by Crippen LogP contribution is 2.60. The van der Waals surface area contributed by atoms with Crippen LogP contribution in [-0.2, 0) is 5.16 Å². The van der Waals surface area contributed by atoms with Gasteiger partial charge in [-0.1, -0.05) is 101 Å². The van der Waals surface area contributed by atoms with Crippen molar-refractivity contribution in [3.8, 4) is 11.1 Å². The zero-order chi connectivity index (χ0) is 16.6. The Morgan fingerprint density at radius 1 is 0.750 bits per heavy atom. The lowest BCUT2D eigenvalue weighted by atomic mass is 9.97. The van der Waals surface area contributed by atoms with Gasteiger partial charge in [0.2, 0.25) is 0 Å². The van der Waals surface area contributed by atoms with E-state index in [1.54, 1.807) is 0 Å². The van der Waals surface area contributed by atoms with Gasteiger partial charge in [-0.25, -0.2) is 0 Å². The maximum Gasteiger partial charge on any atom is 0.0283 e. The highest BCUT2D eigenvalue weighted by Gasteiger charge is 2.35. The van der Waals surface area contributed by atoms with Gasteiger partial charge in [0.15, 0.2) is 0 Å². The van der Waals surface area contributed by atoms with Crippen molar-refractivity contribution in [2.24, 2.45) is 0 Å². The quantitative estimate of drug-likeness (QED) is 0.464. The molecule has 0 aromatic heterocycles. The first-order valence-electron chi connectivity index (χ1n) is 8.74. The van der Waals surface area contributed by atoms with Crippen molar-refractivity contribution >= 4 is 8.58 Å². The van der Waals surface area contributed by atoms with Crippen LogP contribution in [0.1, 0.15) is 42.6 Å². The molecule has 3 aromatic rings. The fraction of sp³-hybridized carbons (Fsp3) is 0.217. The third-order valence-electron chi connectivity index (χ3n) is 5.41. The van der Waals surface area contributed by atoms with E-state index in [2.05, 4.69) is 92.7 Å². The maximum absolute atomic E-state index is 2.43. The van der Waals surface area contributed by atoms with Gasteiger partial charge in [0.05, 0.1) is 0 Å². The summed E-state index contributed by atoms with van der Waals surface area (Å²) in [5, 5.41) is 0.219. The molecule has 3 aromatic carbocycles. The topological polar surface area (TPSA) is 0 Å². The predicted molar refractivity (Wildman–Crippen MR) is 106 cm³/mol. The highest BCUT2D eigenvalue weighted by atomic mass is 31.1. The molecular weight excluding hydrogens is 307 g/mol. The summed E-state index contributed by atoms with van der Waals surface area (Å²) >= 11 is 0. The zero-order valence-electron chi connectivity index (χ0n) is 14.3. The average Bonchev–Trinajstić information content (AvgIpc) is 2.97. The SMILES string of the molecule is CCC(C)(PC1c2ccccc2-c2ccccc21)c1ccccc1. The Hall–Kier alpha value is -1.91. The van der Waals surface area contributed by atoms with Gasteiger partial charge in [0, 0.05) is 10.8 Å². The predicted octanol–water partition coefficient (Wildman–Crippen LogP) is 6.76. The minimum absolute atomic E-state index is 0.219. The van der Waals surface area contributed by atoms with Crippen molar-refractivity contribution in [3.63, 3.8) is 0 Å². The fourth-order valence-corrected chi connectivity index (χ4v) is 5.81. The van der Waals surface area contributed by atoms with Gasteiger partial charge >= 0.3 is 0 Å². The molecule has 0 saturated carbocycles. The van der Waals surface area contributed by atoms with Crippen LogP contribution in [-0.4, -0.2) is 0 Å². The first-order chi connectivity index (χ1) is 11.7. The Kier molecular flexibility index (Phi) is 4.02. The van der Waals surface area contributed by atoms with Gasteiger partial charge < -0.3 is 0 Å². The Balaban J connectivity index is 1.79. The standard InChI is InChI=1S/C23H23P/c1-3-23(2,17-11-5-4-6-12-17)24-22-20-15-9-7-13-18(20)19-14-8-10-16-21(19)22/h4-16,22,24H,3H2,1-2H3. The molecule has 0 amide bonds. The second-order valence-electron chi connectivity index (χ2n) is 6.80. The number of fused-ring (bicyclic) bond motifs is 3. The Labute approximate surface area is 146 Å². The molecule has 0 fully saturated rings. The van der Waals surface area contributed by atoms with Crippen LogP contribution in [0, 0.1) is 0 Å². The van der Waals surface area contributed by atoms with Crippen molar-refractivity contribution < 1.29 is 0 Å². The van der Waals surface area contributed by atoms with Crippen LogP contribution in [0.4, 0.5) is 0 Å². The minimum atomic E-state index is 0.219. The van der Waals surface area contributed by atoms with Crippen LogP contribution >= 0.6 is 8.58 Å². The summed E-state index contributed by atoms with van der Waals surface area (Å²) in [7, 11) is 0.841. The molecule has 1 aliphatic rings.